The normalized spacial score (nSPS) is 12.2. The Kier molecular flexibility index (Phi) is 7.06. The van der Waals surface area contributed by atoms with Crippen LogP contribution in [0.25, 0.3) is 0 Å². The van der Waals surface area contributed by atoms with Crippen LogP contribution in [0.5, 0.6) is 0 Å². The summed E-state index contributed by atoms with van der Waals surface area (Å²) in [5.74, 6) is -0.570. The van der Waals surface area contributed by atoms with E-state index in [1.807, 2.05) is 0 Å². The molecule has 1 atom stereocenters. The van der Waals surface area contributed by atoms with Gasteiger partial charge in [0.15, 0.2) is 0 Å². The fourth-order valence-corrected chi connectivity index (χ4v) is 1.07. The molecule has 0 rings (SSSR count). The number of ether oxygens (including phenoxy) is 1. The van der Waals surface area contributed by atoms with Gasteiger partial charge in [-0.3, -0.25) is 0 Å². The Morgan fingerprint density at radius 2 is 2.07 bits per heavy atom. The zero-order valence-electron chi connectivity index (χ0n) is 8.53. The van der Waals surface area contributed by atoms with E-state index in [9.17, 15) is 9.90 Å². The minimum atomic E-state index is -0.832. The highest BCUT2D eigenvalue weighted by molar-refractivity contribution is 5.88. The highest BCUT2D eigenvalue weighted by Crippen LogP contribution is 2.10. The smallest absolute Gasteiger partial charge is 0.335 e. The lowest BCUT2D eigenvalue weighted by molar-refractivity contribution is -0.137. The Morgan fingerprint density at radius 1 is 1.43 bits per heavy atom. The van der Waals surface area contributed by atoms with Gasteiger partial charge in [-0.25, -0.2) is 4.79 Å². The maximum atomic E-state index is 10.9. The summed E-state index contributed by atoms with van der Waals surface area (Å²) in [6, 6.07) is 0. The van der Waals surface area contributed by atoms with Crippen molar-refractivity contribution in [2.24, 2.45) is 0 Å². The van der Waals surface area contributed by atoms with Crippen molar-refractivity contribution < 1.29 is 19.7 Å². The Hall–Kier alpha value is -0.870. The number of carbonyl (C=O) groups is 1. The molecule has 14 heavy (non-hydrogen) atoms. The molecule has 0 aliphatic carbocycles. The van der Waals surface area contributed by atoms with Gasteiger partial charge in [0, 0.05) is 6.61 Å². The number of hydrogen-bond acceptors (Lipinski definition) is 4. The number of methoxy groups -OCH3 is 1. The zero-order chi connectivity index (χ0) is 11.0. The molecule has 0 saturated carbocycles. The number of carbonyl (C=O) groups excluding carboxylic acids is 1. The second-order valence-electron chi connectivity index (χ2n) is 3.11. The lowest BCUT2D eigenvalue weighted by Crippen LogP contribution is -2.18. The minimum Gasteiger partial charge on any atom is -0.466 e. The molecule has 2 N–H and O–H groups in total. The van der Waals surface area contributed by atoms with Gasteiger partial charge in [-0.2, -0.15) is 0 Å². The first kappa shape index (κ1) is 13.1. The van der Waals surface area contributed by atoms with Crippen LogP contribution in [0.4, 0.5) is 0 Å². The van der Waals surface area contributed by atoms with Crippen LogP contribution in [0.1, 0.15) is 25.7 Å². The zero-order valence-corrected chi connectivity index (χ0v) is 8.53. The molecule has 1 unspecified atom stereocenters. The van der Waals surface area contributed by atoms with Gasteiger partial charge in [0.25, 0.3) is 0 Å². The van der Waals surface area contributed by atoms with Crippen LogP contribution in [0, 0.1) is 0 Å². The van der Waals surface area contributed by atoms with Crippen LogP contribution in [-0.2, 0) is 9.53 Å². The molecule has 0 aliphatic rings. The first-order valence-electron chi connectivity index (χ1n) is 4.69. The first-order chi connectivity index (χ1) is 6.63. The summed E-state index contributed by atoms with van der Waals surface area (Å²) < 4.78 is 4.42. The van der Waals surface area contributed by atoms with Gasteiger partial charge in [-0.15, -0.1) is 0 Å². The third-order valence-corrected chi connectivity index (χ3v) is 1.99. The highest BCUT2D eigenvalue weighted by Gasteiger charge is 2.15. The second-order valence-corrected chi connectivity index (χ2v) is 3.11. The van der Waals surface area contributed by atoms with E-state index in [0.717, 1.165) is 19.3 Å². The summed E-state index contributed by atoms with van der Waals surface area (Å²) >= 11 is 0. The Bertz CT molecular complexity index is 189. The molecular formula is C10H18O4. The number of esters is 1. The van der Waals surface area contributed by atoms with Crippen LogP contribution >= 0.6 is 0 Å². The lowest BCUT2D eigenvalue weighted by Gasteiger charge is -2.11. The Balaban J connectivity index is 3.67. The van der Waals surface area contributed by atoms with Crippen LogP contribution in [0.3, 0.4) is 0 Å². The van der Waals surface area contributed by atoms with E-state index in [0.29, 0.717) is 6.42 Å². The van der Waals surface area contributed by atoms with Crippen molar-refractivity contribution in [2.45, 2.75) is 31.8 Å². The van der Waals surface area contributed by atoms with E-state index in [1.54, 1.807) is 0 Å². The molecule has 0 aromatic rings. The standard InChI is InChI=1S/C10H18O4/c1-8(10(13)14-2)9(12)6-4-3-5-7-11/h9,11-12H,1,3-7H2,2H3. The predicted octanol–water partition coefficient (Wildman–Crippen LogP) is 0.629. The van der Waals surface area contributed by atoms with Crippen molar-refractivity contribution >= 4 is 5.97 Å². The van der Waals surface area contributed by atoms with Gasteiger partial charge in [-0.05, 0) is 12.8 Å². The van der Waals surface area contributed by atoms with Gasteiger partial charge in [0.2, 0.25) is 0 Å². The van der Waals surface area contributed by atoms with Gasteiger partial charge < -0.3 is 14.9 Å². The molecule has 4 nitrogen and oxygen atoms in total. The van der Waals surface area contributed by atoms with E-state index in [-0.39, 0.29) is 12.2 Å². The summed E-state index contributed by atoms with van der Waals surface area (Å²) in [7, 11) is 1.26. The molecular weight excluding hydrogens is 184 g/mol. The molecule has 0 amide bonds. The molecule has 0 aromatic heterocycles. The van der Waals surface area contributed by atoms with Gasteiger partial charge >= 0.3 is 5.97 Å². The molecule has 82 valence electrons. The molecule has 0 radical (unpaired) electrons. The summed E-state index contributed by atoms with van der Waals surface area (Å²) in [5.41, 5.74) is 0.0940. The van der Waals surface area contributed by atoms with Gasteiger partial charge in [-0.1, -0.05) is 19.4 Å². The summed E-state index contributed by atoms with van der Waals surface area (Å²) in [6.07, 6.45) is 1.96. The van der Waals surface area contributed by atoms with Crippen molar-refractivity contribution in [1.29, 1.82) is 0 Å². The molecule has 0 spiro atoms. The maximum Gasteiger partial charge on any atom is 0.335 e. The summed E-state index contributed by atoms with van der Waals surface area (Å²) in [4.78, 5) is 10.9. The average Bonchev–Trinajstić information content (AvgIpc) is 2.21. The van der Waals surface area contributed by atoms with Crippen molar-refractivity contribution in [3.05, 3.63) is 12.2 Å². The highest BCUT2D eigenvalue weighted by atomic mass is 16.5. The van der Waals surface area contributed by atoms with E-state index in [2.05, 4.69) is 11.3 Å². The summed E-state index contributed by atoms with van der Waals surface area (Å²) in [6.45, 7) is 3.61. The van der Waals surface area contributed by atoms with Crippen LogP contribution in [0.2, 0.25) is 0 Å². The molecule has 0 aliphatic heterocycles. The van der Waals surface area contributed by atoms with Crippen LogP contribution < -0.4 is 0 Å². The number of aliphatic hydroxyl groups excluding tert-OH is 2. The average molecular weight is 202 g/mol. The lowest BCUT2D eigenvalue weighted by atomic mass is 10.0. The third-order valence-electron chi connectivity index (χ3n) is 1.99. The van der Waals surface area contributed by atoms with Crippen LogP contribution in [0.15, 0.2) is 12.2 Å². The minimum absolute atomic E-state index is 0.0940. The molecule has 0 aromatic carbocycles. The van der Waals surface area contributed by atoms with E-state index in [1.165, 1.54) is 7.11 Å². The van der Waals surface area contributed by atoms with E-state index < -0.39 is 12.1 Å². The monoisotopic (exact) mass is 202 g/mol. The second kappa shape index (κ2) is 7.53. The van der Waals surface area contributed by atoms with Gasteiger partial charge in [0.05, 0.1) is 18.8 Å². The largest absolute Gasteiger partial charge is 0.466 e. The number of rotatable bonds is 7. The summed E-state index contributed by atoms with van der Waals surface area (Å²) in [5, 5.41) is 18.0. The molecule has 0 heterocycles. The van der Waals surface area contributed by atoms with Crippen molar-refractivity contribution in [2.75, 3.05) is 13.7 Å². The molecule has 0 bridgehead atoms. The van der Waals surface area contributed by atoms with Crippen molar-refractivity contribution in [3.63, 3.8) is 0 Å². The van der Waals surface area contributed by atoms with Gasteiger partial charge in [0.1, 0.15) is 0 Å². The number of aliphatic hydroxyl groups is 2. The quantitative estimate of drug-likeness (QED) is 0.361. The van der Waals surface area contributed by atoms with Crippen LogP contribution in [-0.4, -0.2) is 36.0 Å². The predicted molar refractivity (Wildman–Crippen MR) is 52.7 cm³/mol. The first-order valence-corrected chi connectivity index (χ1v) is 4.69. The Morgan fingerprint density at radius 3 is 2.57 bits per heavy atom. The SMILES string of the molecule is C=C(C(=O)OC)C(O)CCCCCO. The fourth-order valence-electron chi connectivity index (χ4n) is 1.07. The molecule has 0 fully saturated rings. The number of hydrogen-bond donors (Lipinski definition) is 2. The van der Waals surface area contributed by atoms with Crippen molar-refractivity contribution in [1.82, 2.24) is 0 Å². The van der Waals surface area contributed by atoms with Crippen molar-refractivity contribution in [3.8, 4) is 0 Å². The molecule has 4 heteroatoms. The third kappa shape index (κ3) is 4.99. The van der Waals surface area contributed by atoms with E-state index >= 15 is 0 Å². The fraction of sp³-hybridized carbons (Fsp3) is 0.700. The topological polar surface area (TPSA) is 66.8 Å². The molecule has 0 saturated heterocycles. The number of unbranched alkanes of at least 4 members (excludes halogenated alkanes) is 2. The Labute approximate surface area is 84.2 Å². The van der Waals surface area contributed by atoms with E-state index in [4.69, 9.17) is 5.11 Å². The maximum absolute atomic E-state index is 10.9.